The van der Waals surface area contributed by atoms with Gasteiger partial charge in [-0.1, -0.05) is 19.8 Å². The van der Waals surface area contributed by atoms with E-state index in [1.54, 1.807) is 0 Å². The first-order chi connectivity index (χ1) is 10.1. The van der Waals surface area contributed by atoms with E-state index in [0.717, 1.165) is 38.5 Å². The minimum atomic E-state index is -0.598. The maximum Gasteiger partial charge on any atom is 0.249 e. The highest BCUT2D eigenvalue weighted by molar-refractivity contribution is 6.00. The number of nitrogens with one attached hydrogen (secondary N) is 1. The second kappa shape index (κ2) is 5.59. The molecule has 1 atom stereocenters. The Labute approximate surface area is 126 Å². The highest BCUT2D eigenvalue weighted by Crippen LogP contribution is 2.39. The van der Waals surface area contributed by atoms with Gasteiger partial charge in [0.2, 0.25) is 11.8 Å². The van der Waals surface area contributed by atoms with Crippen LogP contribution in [0.15, 0.2) is 0 Å². The summed E-state index contributed by atoms with van der Waals surface area (Å²) in [6, 6.07) is -0.112. The van der Waals surface area contributed by atoms with Crippen molar-refractivity contribution in [3.8, 4) is 0 Å². The molecule has 1 spiro atoms. The lowest BCUT2D eigenvalue weighted by Gasteiger charge is -2.51. The van der Waals surface area contributed by atoms with E-state index < -0.39 is 5.54 Å². The first kappa shape index (κ1) is 14.8. The number of amides is 2. The van der Waals surface area contributed by atoms with Gasteiger partial charge in [0.25, 0.3) is 0 Å². The number of carbonyl (C=O) groups excluding carboxylic acids is 2. The maximum atomic E-state index is 13.0. The number of rotatable bonds is 4. The first-order valence-corrected chi connectivity index (χ1v) is 8.37. The zero-order valence-corrected chi connectivity index (χ0v) is 13.1. The summed E-state index contributed by atoms with van der Waals surface area (Å²) in [5.41, 5.74) is -0.598. The van der Waals surface area contributed by atoms with Crippen molar-refractivity contribution in [3.63, 3.8) is 0 Å². The quantitative estimate of drug-likeness (QED) is 0.857. The highest BCUT2D eigenvalue weighted by atomic mass is 16.5. The Bertz CT molecular complexity index is 425. The lowest BCUT2D eigenvalue weighted by Crippen LogP contribution is -2.72. The van der Waals surface area contributed by atoms with E-state index in [1.807, 2.05) is 18.7 Å². The van der Waals surface area contributed by atoms with Gasteiger partial charge in [-0.3, -0.25) is 9.59 Å². The molecule has 3 fully saturated rings. The van der Waals surface area contributed by atoms with E-state index in [4.69, 9.17) is 4.74 Å². The van der Waals surface area contributed by atoms with Gasteiger partial charge in [-0.05, 0) is 39.0 Å². The van der Waals surface area contributed by atoms with Crippen LogP contribution in [0.4, 0.5) is 0 Å². The normalized spacial score (nSPS) is 35.0. The van der Waals surface area contributed by atoms with Gasteiger partial charge in [-0.25, -0.2) is 0 Å². The van der Waals surface area contributed by atoms with Gasteiger partial charge < -0.3 is 15.0 Å². The number of hydrogen-bond donors (Lipinski definition) is 1. The van der Waals surface area contributed by atoms with E-state index >= 15 is 0 Å². The van der Waals surface area contributed by atoms with Crippen LogP contribution in [-0.2, 0) is 14.3 Å². The lowest BCUT2D eigenvalue weighted by atomic mass is 9.82. The van der Waals surface area contributed by atoms with Crippen LogP contribution in [-0.4, -0.2) is 47.0 Å². The largest absolute Gasteiger partial charge is 0.378 e. The molecule has 21 heavy (non-hydrogen) atoms. The van der Waals surface area contributed by atoms with Gasteiger partial charge in [0.1, 0.15) is 11.6 Å². The van der Waals surface area contributed by atoms with Crippen molar-refractivity contribution < 1.29 is 14.3 Å². The topological polar surface area (TPSA) is 58.6 Å². The number of ether oxygens (including phenoxy) is 1. The van der Waals surface area contributed by atoms with Crippen molar-refractivity contribution in [1.29, 1.82) is 0 Å². The summed E-state index contributed by atoms with van der Waals surface area (Å²) in [5.74, 6) is 0.199. The molecule has 118 valence electrons. The molecule has 1 heterocycles. The van der Waals surface area contributed by atoms with E-state index in [-0.39, 0.29) is 30.0 Å². The van der Waals surface area contributed by atoms with Crippen LogP contribution in [0.1, 0.15) is 58.8 Å². The van der Waals surface area contributed by atoms with E-state index in [0.29, 0.717) is 13.0 Å². The molecular weight excluding hydrogens is 268 g/mol. The molecule has 0 aromatic heterocycles. The number of nitrogens with zero attached hydrogens (tertiary/aromatic N) is 1. The molecule has 5 nitrogen and oxygen atoms in total. The Kier molecular flexibility index (Phi) is 3.95. The van der Waals surface area contributed by atoms with Crippen LogP contribution in [0.25, 0.3) is 0 Å². The summed E-state index contributed by atoms with van der Waals surface area (Å²) >= 11 is 0. The number of hydrogen-bond acceptors (Lipinski definition) is 3. The molecule has 0 radical (unpaired) electrons. The predicted molar refractivity (Wildman–Crippen MR) is 78.7 cm³/mol. The van der Waals surface area contributed by atoms with Gasteiger partial charge in [0, 0.05) is 12.6 Å². The van der Waals surface area contributed by atoms with Gasteiger partial charge in [-0.2, -0.15) is 0 Å². The molecule has 0 aromatic carbocycles. The van der Waals surface area contributed by atoms with E-state index in [2.05, 4.69) is 5.32 Å². The maximum absolute atomic E-state index is 13.0. The minimum absolute atomic E-state index is 0.0406. The molecule has 2 saturated carbocycles. The van der Waals surface area contributed by atoms with Gasteiger partial charge >= 0.3 is 0 Å². The molecule has 1 unspecified atom stereocenters. The van der Waals surface area contributed by atoms with Crippen LogP contribution in [0.5, 0.6) is 0 Å². The van der Waals surface area contributed by atoms with Crippen LogP contribution >= 0.6 is 0 Å². The molecule has 5 heteroatoms. The minimum Gasteiger partial charge on any atom is -0.378 e. The lowest BCUT2D eigenvalue weighted by molar-refractivity contribution is -0.164. The number of carbonyl (C=O) groups is 2. The van der Waals surface area contributed by atoms with Crippen molar-refractivity contribution in [1.82, 2.24) is 10.2 Å². The predicted octanol–water partition coefficient (Wildman–Crippen LogP) is 1.60. The van der Waals surface area contributed by atoms with Gasteiger partial charge in [0.05, 0.1) is 6.10 Å². The van der Waals surface area contributed by atoms with Gasteiger partial charge in [0.15, 0.2) is 0 Å². The zero-order chi connectivity index (χ0) is 15.0. The number of piperazine rings is 1. The molecule has 0 aromatic rings. The molecule has 3 aliphatic rings. The van der Waals surface area contributed by atoms with Gasteiger partial charge in [-0.15, -0.1) is 0 Å². The van der Waals surface area contributed by atoms with Crippen molar-refractivity contribution in [2.24, 2.45) is 0 Å². The SMILES string of the molecule is CCOC1CC(N2C(=O)C3(CCCC3)NC(=O)C2CC)C1. The Morgan fingerprint density at radius 3 is 2.48 bits per heavy atom. The molecule has 1 N–H and O–H groups in total. The fourth-order valence-corrected chi connectivity index (χ4v) is 4.14. The first-order valence-electron chi connectivity index (χ1n) is 8.37. The third kappa shape index (κ3) is 2.35. The fraction of sp³-hybridized carbons (Fsp3) is 0.875. The average Bonchev–Trinajstić information content (AvgIpc) is 2.87. The third-order valence-corrected chi connectivity index (χ3v) is 5.35. The van der Waals surface area contributed by atoms with Crippen LogP contribution in [0.3, 0.4) is 0 Å². The van der Waals surface area contributed by atoms with Crippen LogP contribution < -0.4 is 5.32 Å². The Hall–Kier alpha value is -1.10. The zero-order valence-electron chi connectivity index (χ0n) is 13.1. The second-order valence-electron chi connectivity index (χ2n) is 6.62. The molecule has 0 bridgehead atoms. The smallest absolute Gasteiger partial charge is 0.249 e. The van der Waals surface area contributed by atoms with E-state index in [1.165, 1.54) is 0 Å². The Morgan fingerprint density at radius 2 is 1.90 bits per heavy atom. The van der Waals surface area contributed by atoms with Crippen LogP contribution in [0, 0.1) is 0 Å². The molecule has 1 aliphatic heterocycles. The molecule has 2 amide bonds. The van der Waals surface area contributed by atoms with Crippen LogP contribution in [0.2, 0.25) is 0 Å². The Balaban J connectivity index is 1.78. The van der Waals surface area contributed by atoms with Crippen molar-refractivity contribution in [3.05, 3.63) is 0 Å². The third-order valence-electron chi connectivity index (χ3n) is 5.35. The summed E-state index contributed by atoms with van der Waals surface area (Å²) < 4.78 is 5.61. The molecular formula is C16H26N2O3. The van der Waals surface area contributed by atoms with E-state index in [9.17, 15) is 9.59 Å². The highest BCUT2D eigenvalue weighted by Gasteiger charge is 2.54. The Morgan fingerprint density at radius 1 is 1.24 bits per heavy atom. The summed E-state index contributed by atoms with van der Waals surface area (Å²) in [5, 5.41) is 3.05. The van der Waals surface area contributed by atoms with Crippen molar-refractivity contribution in [2.75, 3.05) is 6.61 Å². The summed E-state index contributed by atoms with van der Waals surface area (Å²) in [6.07, 6.45) is 6.35. The average molecular weight is 294 g/mol. The molecule has 3 rings (SSSR count). The van der Waals surface area contributed by atoms with Crippen molar-refractivity contribution >= 4 is 11.8 Å². The summed E-state index contributed by atoms with van der Waals surface area (Å²) in [7, 11) is 0. The second-order valence-corrected chi connectivity index (χ2v) is 6.62. The summed E-state index contributed by atoms with van der Waals surface area (Å²) in [6.45, 7) is 4.69. The monoisotopic (exact) mass is 294 g/mol. The summed E-state index contributed by atoms with van der Waals surface area (Å²) in [4.78, 5) is 27.4. The molecule has 2 aliphatic carbocycles. The standard InChI is InChI=1S/C16H26N2O3/c1-3-13-14(19)17-16(7-5-6-8-16)15(20)18(13)11-9-12(10-11)21-4-2/h11-13H,3-10H2,1-2H3,(H,17,19). The molecule has 1 saturated heterocycles. The van der Waals surface area contributed by atoms with Crippen molar-refractivity contribution in [2.45, 2.75) is 82.5 Å². The fourth-order valence-electron chi connectivity index (χ4n) is 4.14.